The van der Waals surface area contributed by atoms with Crippen molar-refractivity contribution in [3.63, 3.8) is 0 Å². The molecule has 3 heteroatoms. The molecule has 0 radical (unpaired) electrons. The van der Waals surface area contributed by atoms with E-state index in [-0.39, 0.29) is 16.1 Å². The molecule has 8 heavy (non-hydrogen) atoms. The number of hydrogen-bond donors (Lipinski definition) is 0. The molecule has 1 unspecified atom stereocenters. The summed E-state index contributed by atoms with van der Waals surface area (Å²) in [6, 6.07) is 1.65. The lowest BCUT2D eigenvalue weighted by Crippen LogP contribution is -2.29. The second-order valence-electron chi connectivity index (χ2n) is 3.01. The van der Waals surface area contributed by atoms with Crippen molar-refractivity contribution in [2.75, 3.05) is 0 Å². The summed E-state index contributed by atoms with van der Waals surface area (Å²) in [5.41, 5.74) is 0. The largest absolute Gasteiger partial charge is 0.0745 e. The summed E-state index contributed by atoms with van der Waals surface area (Å²) in [7, 11) is 1.50. The molecule has 0 spiro atoms. The standard InChI is InChI=1S/C5H18Si3/c1-4-5-8(6)7(2)3/h7-8H,4-5H2,1-3,6H3. The predicted octanol–water partition coefficient (Wildman–Crippen LogP) is 0.0507. The van der Waals surface area contributed by atoms with Crippen molar-refractivity contribution in [2.45, 2.75) is 32.5 Å². The summed E-state index contributed by atoms with van der Waals surface area (Å²) in [6.07, 6.45) is 1.46. The molecular formula is C5H18Si3. The van der Waals surface area contributed by atoms with Crippen LogP contribution in [-0.2, 0) is 0 Å². The highest BCUT2D eigenvalue weighted by atomic mass is 29.6. The smallest absolute Gasteiger partial charge is 0.0184 e. The van der Waals surface area contributed by atoms with Crippen molar-refractivity contribution in [1.82, 2.24) is 0 Å². The molecule has 0 bridgehead atoms. The van der Waals surface area contributed by atoms with E-state index in [1.54, 1.807) is 15.8 Å². The first kappa shape index (κ1) is 8.65. The van der Waals surface area contributed by atoms with Crippen LogP contribution in [-0.4, -0.2) is 25.9 Å². The molecule has 0 saturated carbocycles. The summed E-state index contributed by atoms with van der Waals surface area (Å²) in [5, 5.41) is 0. The minimum Gasteiger partial charge on any atom is -0.0745 e. The zero-order valence-corrected chi connectivity index (χ0v) is 10.9. The van der Waals surface area contributed by atoms with E-state index in [0.29, 0.717) is 0 Å². The van der Waals surface area contributed by atoms with E-state index in [0.717, 1.165) is 0 Å². The Bertz CT molecular complexity index is 53.6. The molecule has 0 aliphatic carbocycles. The van der Waals surface area contributed by atoms with Crippen molar-refractivity contribution >= 4 is 25.9 Å². The average molecular weight is 162 g/mol. The second kappa shape index (κ2) is 4.52. The lowest BCUT2D eigenvalue weighted by atomic mass is 10.6. The topological polar surface area (TPSA) is 0 Å². The summed E-state index contributed by atoms with van der Waals surface area (Å²) in [4.78, 5) is 0. The van der Waals surface area contributed by atoms with Crippen LogP contribution in [0.4, 0.5) is 0 Å². The van der Waals surface area contributed by atoms with Gasteiger partial charge in [0.2, 0.25) is 0 Å². The predicted molar refractivity (Wildman–Crippen MR) is 51.1 cm³/mol. The molecule has 0 aromatic carbocycles. The Labute approximate surface area is 58.9 Å². The van der Waals surface area contributed by atoms with Crippen molar-refractivity contribution in [3.8, 4) is 0 Å². The molecule has 50 valence electrons. The maximum Gasteiger partial charge on any atom is 0.0184 e. The fourth-order valence-electron chi connectivity index (χ4n) is 0.789. The van der Waals surface area contributed by atoms with E-state index in [9.17, 15) is 0 Å². The fraction of sp³-hybridized carbons (Fsp3) is 1.00. The molecule has 0 nitrogen and oxygen atoms in total. The molecule has 0 aromatic rings. The Kier molecular flexibility index (Phi) is 4.89. The van der Waals surface area contributed by atoms with Gasteiger partial charge < -0.3 is 0 Å². The van der Waals surface area contributed by atoms with Crippen LogP contribution in [0, 0.1) is 0 Å². The first-order chi connectivity index (χ1) is 3.68. The van der Waals surface area contributed by atoms with E-state index < -0.39 is 0 Å². The lowest BCUT2D eigenvalue weighted by Gasteiger charge is -2.09. The Morgan fingerprint density at radius 3 is 2.00 bits per heavy atom. The third kappa shape index (κ3) is 3.63. The maximum absolute atomic E-state index is 2.53. The molecule has 1 atom stereocenters. The SMILES string of the molecule is CCC[SiH]([SiH3])[SiH](C)C. The summed E-state index contributed by atoms with van der Waals surface area (Å²) in [5.74, 6) is 0. The molecule has 0 amide bonds. The molecule has 0 heterocycles. The molecule has 0 rings (SSSR count). The monoisotopic (exact) mass is 162 g/mol. The summed E-state index contributed by atoms with van der Waals surface area (Å²) in [6.45, 7) is 7.38. The molecule has 0 fully saturated rings. The van der Waals surface area contributed by atoms with Gasteiger partial charge in [-0.3, -0.25) is 0 Å². The highest BCUT2D eigenvalue weighted by Crippen LogP contribution is 1.96. The van der Waals surface area contributed by atoms with E-state index in [1.807, 2.05) is 0 Å². The number of rotatable bonds is 3. The van der Waals surface area contributed by atoms with E-state index in [1.165, 1.54) is 6.42 Å². The quantitative estimate of drug-likeness (QED) is 0.515. The molecule has 0 aliphatic rings. The Morgan fingerprint density at radius 1 is 1.38 bits per heavy atom. The lowest BCUT2D eigenvalue weighted by molar-refractivity contribution is 1.08. The van der Waals surface area contributed by atoms with Gasteiger partial charge >= 0.3 is 0 Å². The third-order valence-corrected chi connectivity index (χ3v) is 27.2. The van der Waals surface area contributed by atoms with Gasteiger partial charge in [-0.15, -0.1) is 0 Å². The molecule has 0 saturated heterocycles. The highest BCUT2D eigenvalue weighted by molar-refractivity contribution is 7.40. The fourth-order valence-corrected chi connectivity index (χ4v) is 7.10. The molecule has 0 aromatic heterocycles. The van der Waals surface area contributed by atoms with Crippen molar-refractivity contribution < 1.29 is 0 Å². The Hall–Kier alpha value is 0.651. The van der Waals surface area contributed by atoms with E-state index in [2.05, 4.69) is 20.0 Å². The zero-order chi connectivity index (χ0) is 6.57. The normalized spacial score (nSPS) is 15.0. The van der Waals surface area contributed by atoms with Gasteiger partial charge in [0.05, 0.1) is 0 Å². The van der Waals surface area contributed by atoms with Gasteiger partial charge in [-0.25, -0.2) is 0 Å². The van der Waals surface area contributed by atoms with Crippen LogP contribution < -0.4 is 0 Å². The van der Waals surface area contributed by atoms with Gasteiger partial charge in [-0.2, -0.15) is 0 Å². The van der Waals surface area contributed by atoms with Gasteiger partial charge in [0.25, 0.3) is 0 Å². The molecular weight excluding hydrogens is 144 g/mol. The van der Waals surface area contributed by atoms with Crippen LogP contribution in [0.3, 0.4) is 0 Å². The molecule has 0 N–H and O–H groups in total. The van der Waals surface area contributed by atoms with Crippen LogP contribution in [0.1, 0.15) is 13.3 Å². The van der Waals surface area contributed by atoms with Crippen LogP contribution in [0.25, 0.3) is 0 Å². The molecule has 0 aliphatic heterocycles. The summed E-state index contributed by atoms with van der Waals surface area (Å²) >= 11 is 0. The van der Waals surface area contributed by atoms with E-state index in [4.69, 9.17) is 0 Å². The zero-order valence-electron chi connectivity index (χ0n) is 6.57. The minimum atomic E-state index is -0.0817. The van der Waals surface area contributed by atoms with Crippen LogP contribution in [0.2, 0.25) is 19.1 Å². The minimum absolute atomic E-state index is 0.00231. The van der Waals surface area contributed by atoms with Crippen molar-refractivity contribution in [1.29, 1.82) is 0 Å². The number of hydrogen-bond acceptors (Lipinski definition) is 0. The highest BCUT2D eigenvalue weighted by Gasteiger charge is 2.06. The van der Waals surface area contributed by atoms with Gasteiger partial charge in [-0.1, -0.05) is 32.5 Å². The van der Waals surface area contributed by atoms with Gasteiger partial charge in [-0.05, 0) is 9.76 Å². The Balaban J connectivity index is 3.17. The first-order valence-corrected chi connectivity index (χ1v) is 14.1. The van der Waals surface area contributed by atoms with E-state index >= 15 is 0 Å². The Morgan fingerprint density at radius 2 is 1.88 bits per heavy atom. The van der Waals surface area contributed by atoms with Gasteiger partial charge in [0.1, 0.15) is 0 Å². The average Bonchev–Trinajstić information content (AvgIpc) is 1.67. The van der Waals surface area contributed by atoms with Gasteiger partial charge in [0.15, 0.2) is 0 Å². The van der Waals surface area contributed by atoms with Crippen molar-refractivity contribution in [3.05, 3.63) is 0 Å². The van der Waals surface area contributed by atoms with Crippen LogP contribution >= 0.6 is 0 Å². The first-order valence-electron chi connectivity index (χ1n) is 3.68. The summed E-state index contributed by atoms with van der Waals surface area (Å²) < 4.78 is 0. The maximum atomic E-state index is 2.53. The van der Waals surface area contributed by atoms with Crippen molar-refractivity contribution in [2.24, 2.45) is 0 Å². The van der Waals surface area contributed by atoms with Gasteiger partial charge in [0, 0.05) is 16.1 Å². The van der Waals surface area contributed by atoms with Crippen LogP contribution in [0.5, 0.6) is 0 Å². The second-order valence-corrected chi connectivity index (χ2v) is 23.9. The van der Waals surface area contributed by atoms with Crippen LogP contribution in [0.15, 0.2) is 0 Å². The third-order valence-electron chi connectivity index (χ3n) is 1.88.